The van der Waals surface area contributed by atoms with E-state index in [4.69, 9.17) is 0 Å². The van der Waals surface area contributed by atoms with E-state index in [-0.39, 0.29) is 41.7 Å². The number of aromatic hydroxyl groups is 1. The Hall–Kier alpha value is -1.81. The first-order valence-corrected chi connectivity index (χ1v) is 9.67. The van der Waals surface area contributed by atoms with Crippen LogP contribution in [0.2, 0.25) is 0 Å². The fourth-order valence-electron chi connectivity index (χ4n) is 2.48. The molecule has 0 fully saturated rings. The number of amides is 1. The monoisotopic (exact) mass is 560 g/mol. The number of halogens is 2. The summed E-state index contributed by atoms with van der Waals surface area (Å²) < 4.78 is 1.04. The third-order valence-corrected chi connectivity index (χ3v) is 4.59. The van der Waals surface area contributed by atoms with E-state index in [0.717, 1.165) is 16.6 Å². The van der Waals surface area contributed by atoms with Gasteiger partial charge in [0.25, 0.3) is 5.91 Å². The molecule has 2 aromatic rings. The topological polar surface area (TPSA) is 85.8 Å². The highest BCUT2D eigenvalue weighted by Gasteiger charge is 2.10. The molecule has 0 radical (unpaired) electrons. The summed E-state index contributed by atoms with van der Waals surface area (Å²) >= 11 is 3.57. The highest BCUT2D eigenvalue weighted by Crippen LogP contribution is 2.22. The molecular formula is C20H26BrIN4O2. The average molecular weight is 561 g/mol. The Labute approximate surface area is 191 Å². The van der Waals surface area contributed by atoms with Gasteiger partial charge in [-0.3, -0.25) is 9.79 Å². The number of nitrogens with zero attached hydrogens (tertiary/aromatic N) is 1. The van der Waals surface area contributed by atoms with Crippen LogP contribution in [0.1, 0.15) is 35.8 Å². The molecule has 1 unspecified atom stereocenters. The number of aliphatic imine (C=N–C) groups is 1. The predicted octanol–water partition coefficient (Wildman–Crippen LogP) is 3.82. The van der Waals surface area contributed by atoms with Crippen molar-refractivity contribution in [3.8, 4) is 5.75 Å². The van der Waals surface area contributed by atoms with E-state index >= 15 is 0 Å². The van der Waals surface area contributed by atoms with Crippen molar-refractivity contribution < 1.29 is 9.90 Å². The molecule has 0 saturated heterocycles. The summed E-state index contributed by atoms with van der Waals surface area (Å²) in [6.45, 7) is 5.68. The first-order valence-electron chi connectivity index (χ1n) is 8.87. The van der Waals surface area contributed by atoms with Gasteiger partial charge in [0.05, 0.1) is 12.6 Å². The largest absolute Gasteiger partial charge is 0.508 e. The van der Waals surface area contributed by atoms with Crippen molar-refractivity contribution in [2.24, 2.45) is 4.99 Å². The van der Waals surface area contributed by atoms with E-state index < -0.39 is 0 Å². The van der Waals surface area contributed by atoms with Crippen molar-refractivity contribution in [3.05, 3.63) is 64.1 Å². The number of carbonyl (C=O) groups excluding carboxylic acids is 1. The van der Waals surface area contributed by atoms with Gasteiger partial charge < -0.3 is 21.1 Å². The van der Waals surface area contributed by atoms with Gasteiger partial charge in [-0.2, -0.15) is 0 Å². The van der Waals surface area contributed by atoms with Gasteiger partial charge in [0.2, 0.25) is 0 Å². The summed E-state index contributed by atoms with van der Waals surface area (Å²) in [5.74, 6) is 0.640. The quantitative estimate of drug-likeness (QED) is 0.179. The van der Waals surface area contributed by atoms with Crippen LogP contribution in [0.15, 0.2) is 58.0 Å². The predicted molar refractivity (Wildman–Crippen MR) is 128 cm³/mol. The van der Waals surface area contributed by atoms with Gasteiger partial charge in [-0.15, -0.1) is 24.0 Å². The summed E-state index contributed by atoms with van der Waals surface area (Å²) in [4.78, 5) is 16.6. The lowest BCUT2D eigenvalue weighted by Gasteiger charge is -2.19. The van der Waals surface area contributed by atoms with Gasteiger partial charge in [-0.25, -0.2) is 0 Å². The van der Waals surface area contributed by atoms with E-state index in [1.807, 2.05) is 25.1 Å². The lowest BCUT2D eigenvalue weighted by atomic mass is 10.1. The van der Waals surface area contributed by atoms with Crippen LogP contribution >= 0.6 is 39.9 Å². The highest BCUT2D eigenvalue weighted by molar-refractivity contribution is 14.0. The molecule has 0 heterocycles. The second kappa shape index (κ2) is 12.6. The minimum Gasteiger partial charge on any atom is -0.508 e. The average Bonchev–Trinajstić information content (AvgIpc) is 2.66. The van der Waals surface area contributed by atoms with Crippen LogP contribution in [0.4, 0.5) is 0 Å². The molecule has 2 aromatic carbocycles. The second-order valence-corrected chi connectivity index (χ2v) is 6.81. The normalized spacial score (nSPS) is 11.9. The van der Waals surface area contributed by atoms with Crippen LogP contribution in [0.25, 0.3) is 0 Å². The summed E-state index contributed by atoms with van der Waals surface area (Å²) in [6, 6.07) is 14.3. The summed E-state index contributed by atoms with van der Waals surface area (Å²) in [5, 5.41) is 18.7. The van der Waals surface area contributed by atoms with Crippen LogP contribution in [0.5, 0.6) is 5.75 Å². The van der Waals surface area contributed by atoms with E-state index in [1.165, 1.54) is 12.1 Å². The fraction of sp³-hybridized carbons (Fsp3) is 0.300. The van der Waals surface area contributed by atoms with Crippen LogP contribution in [0, 0.1) is 0 Å². The molecule has 6 nitrogen and oxygen atoms in total. The van der Waals surface area contributed by atoms with Crippen molar-refractivity contribution >= 4 is 51.8 Å². The van der Waals surface area contributed by atoms with Gasteiger partial charge in [0.15, 0.2) is 5.96 Å². The van der Waals surface area contributed by atoms with E-state index in [9.17, 15) is 9.90 Å². The zero-order chi connectivity index (χ0) is 19.6. The van der Waals surface area contributed by atoms with Crippen molar-refractivity contribution in [2.45, 2.75) is 19.9 Å². The Bertz CT molecular complexity index is 784. The molecule has 0 saturated carbocycles. The van der Waals surface area contributed by atoms with Crippen molar-refractivity contribution in [1.29, 1.82) is 0 Å². The number of hydrogen-bond acceptors (Lipinski definition) is 3. The molecule has 0 aliphatic rings. The summed E-state index contributed by atoms with van der Waals surface area (Å²) in [7, 11) is 0. The van der Waals surface area contributed by atoms with Crippen LogP contribution in [-0.4, -0.2) is 36.6 Å². The molecule has 152 valence electrons. The lowest BCUT2D eigenvalue weighted by Crippen LogP contribution is -2.39. The van der Waals surface area contributed by atoms with Gasteiger partial charge >= 0.3 is 0 Å². The zero-order valence-electron chi connectivity index (χ0n) is 15.9. The van der Waals surface area contributed by atoms with E-state index in [2.05, 4.69) is 49.9 Å². The number of rotatable bonds is 7. The molecule has 4 N–H and O–H groups in total. The van der Waals surface area contributed by atoms with Crippen LogP contribution in [-0.2, 0) is 0 Å². The standard InChI is InChI=1S/C20H25BrN4O2.HI/c1-3-22-20(25-14(2)17-6-4-5-7-18(17)21)24-13-12-23-19(27)15-8-10-16(26)11-9-15;/h4-11,14,26H,3,12-13H2,1-2H3,(H,23,27)(H2,22,24,25);1H. The Balaban J connectivity index is 0.00000392. The maximum Gasteiger partial charge on any atom is 0.251 e. The van der Waals surface area contributed by atoms with Crippen molar-refractivity contribution in [3.63, 3.8) is 0 Å². The Kier molecular flexibility index (Phi) is 10.9. The van der Waals surface area contributed by atoms with Gasteiger partial charge in [-0.1, -0.05) is 34.1 Å². The minimum absolute atomic E-state index is 0. The maximum absolute atomic E-state index is 12.0. The SMILES string of the molecule is CCNC(=NCCNC(=O)c1ccc(O)cc1)NC(C)c1ccccc1Br.I. The maximum atomic E-state index is 12.0. The van der Waals surface area contributed by atoms with Gasteiger partial charge in [0.1, 0.15) is 5.75 Å². The number of hydrogen-bond donors (Lipinski definition) is 4. The number of carbonyl (C=O) groups is 1. The molecule has 1 amide bonds. The molecule has 0 aliphatic carbocycles. The van der Waals surface area contributed by atoms with Crippen molar-refractivity contribution in [1.82, 2.24) is 16.0 Å². The molecule has 0 aliphatic heterocycles. The number of benzene rings is 2. The third kappa shape index (κ3) is 7.67. The molecule has 0 bridgehead atoms. The lowest BCUT2D eigenvalue weighted by molar-refractivity contribution is 0.0955. The van der Waals surface area contributed by atoms with E-state index in [0.29, 0.717) is 24.6 Å². The summed E-state index contributed by atoms with van der Waals surface area (Å²) in [6.07, 6.45) is 0. The minimum atomic E-state index is -0.190. The van der Waals surface area contributed by atoms with Crippen LogP contribution < -0.4 is 16.0 Å². The number of guanidine groups is 1. The van der Waals surface area contributed by atoms with Crippen LogP contribution in [0.3, 0.4) is 0 Å². The Morgan fingerprint density at radius 1 is 1.14 bits per heavy atom. The molecule has 1 atom stereocenters. The number of nitrogens with one attached hydrogen (secondary N) is 3. The van der Waals surface area contributed by atoms with Crippen molar-refractivity contribution in [2.75, 3.05) is 19.6 Å². The van der Waals surface area contributed by atoms with E-state index in [1.54, 1.807) is 12.1 Å². The Morgan fingerprint density at radius 3 is 2.46 bits per heavy atom. The Morgan fingerprint density at radius 2 is 1.82 bits per heavy atom. The molecule has 0 spiro atoms. The number of phenolic OH excluding ortho intramolecular Hbond substituents is 1. The summed E-state index contributed by atoms with van der Waals surface area (Å²) in [5.41, 5.74) is 1.65. The first-order chi connectivity index (χ1) is 13.0. The fourth-order valence-corrected chi connectivity index (χ4v) is 3.11. The first kappa shape index (κ1) is 24.2. The smallest absolute Gasteiger partial charge is 0.251 e. The molecule has 0 aromatic heterocycles. The van der Waals surface area contributed by atoms with Gasteiger partial charge in [0, 0.05) is 23.1 Å². The zero-order valence-corrected chi connectivity index (χ0v) is 19.8. The number of phenols is 1. The van der Waals surface area contributed by atoms with Gasteiger partial charge in [-0.05, 0) is 49.7 Å². The second-order valence-electron chi connectivity index (χ2n) is 5.95. The molecule has 2 rings (SSSR count). The molecule has 28 heavy (non-hydrogen) atoms. The highest BCUT2D eigenvalue weighted by atomic mass is 127. The third-order valence-electron chi connectivity index (χ3n) is 3.87. The molecular weight excluding hydrogens is 535 g/mol. The molecule has 8 heteroatoms.